The highest BCUT2D eigenvalue weighted by Gasteiger charge is 2.50. The van der Waals surface area contributed by atoms with Crippen molar-refractivity contribution in [1.29, 1.82) is 0 Å². The fourth-order valence-corrected chi connectivity index (χ4v) is 10.9. The summed E-state index contributed by atoms with van der Waals surface area (Å²) in [4.78, 5) is 2.37. The summed E-state index contributed by atoms with van der Waals surface area (Å²) in [5.74, 6) is 0. The van der Waals surface area contributed by atoms with Crippen LogP contribution < -0.4 is 4.90 Å². The van der Waals surface area contributed by atoms with Crippen molar-refractivity contribution in [3.8, 4) is 55.6 Å². The minimum atomic E-state index is -0.525. The lowest BCUT2D eigenvalue weighted by atomic mass is 9.66. The molecule has 2 aliphatic rings. The molecular weight excluding hydrogens is 763 g/mol. The first-order valence-corrected chi connectivity index (χ1v) is 21.8. The van der Waals surface area contributed by atoms with Gasteiger partial charge in [-0.1, -0.05) is 194 Å². The molecule has 0 bridgehead atoms. The molecule has 1 aromatic heterocycles. The Morgan fingerprint density at radius 3 is 1.43 bits per heavy atom. The summed E-state index contributed by atoms with van der Waals surface area (Å²) in [6.07, 6.45) is 0. The Morgan fingerprint density at radius 1 is 0.302 bits per heavy atom. The maximum Gasteiger partial charge on any atom is 0.137 e. The van der Waals surface area contributed by atoms with E-state index < -0.39 is 5.41 Å². The van der Waals surface area contributed by atoms with E-state index in [1.807, 2.05) is 6.07 Å². The lowest BCUT2D eigenvalue weighted by Crippen LogP contribution is -2.29. The fraction of sp³-hybridized carbons (Fsp3) is 0.0164. The summed E-state index contributed by atoms with van der Waals surface area (Å²) in [7, 11) is 0. The average molecular weight is 802 g/mol. The zero-order valence-electron chi connectivity index (χ0n) is 34.4. The van der Waals surface area contributed by atoms with Gasteiger partial charge in [0.2, 0.25) is 0 Å². The molecule has 2 aliphatic carbocycles. The molecule has 0 unspecified atom stereocenters. The van der Waals surface area contributed by atoms with Crippen molar-refractivity contribution >= 4 is 39.0 Å². The molecule has 0 amide bonds. The van der Waals surface area contributed by atoms with Crippen molar-refractivity contribution in [2.75, 3.05) is 4.90 Å². The third-order valence-electron chi connectivity index (χ3n) is 13.5. The molecule has 11 aromatic rings. The van der Waals surface area contributed by atoms with Crippen LogP contribution in [0.4, 0.5) is 17.1 Å². The van der Waals surface area contributed by atoms with Crippen molar-refractivity contribution in [1.82, 2.24) is 0 Å². The van der Waals surface area contributed by atoms with Crippen LogP contribution in [0, 0.1) is 0 Å². The first kappa shape index (κ1) is 35.5. The second-order valence-corrected chi connectivity index (χ2v) is 16.7. The Labute approximate surface area is 366 Å². The molecule has 294 valence electrons. The van der Waals surface area contributed by atoms with E-state index in [0.29, 0.717) is 0 Å². The Hall–Kier alpha value is -8.20. The molecule has 0 saturated heterocycles. The second kappa shape index (κ2) is 13.9. The van der Waals surface area contributed by atoms with Gasteiger partial charge in [-0.2, -0.15) is 0 Å². The Balaban J connectivity index is 1.01. The van der Waals surface area contributed by atoms with Crippen molar-refractivity contribution in [2.24, 2.45) is 0 Å². The topological polar surface area (TPSA) is 16.4 Å². The predicted octanol–water partition coefficient (Wildman–Crippen LogP) is 16.4. The van der Waals surface area contributed by atoms with Crippen LogP contribution in [0.1, 0.15) is 22.3 Å². The number of rotatable bonds is 5. The summed E-state index contributed by atoms with van der Waals surface area (Å²) < 4.78 is 6.43. The van der Waals surface area contributed by atoms with Crippen LogP contribution in [0.5, 0.6) is 0 Å². The lowest BCUT2D eigenvalue weighted by molar-refractivity contribution is 0.669. The van der Waals surface area contributed by atoms with Crippen LogP contribution in [0.25, 0.3) is 77.6 Å². The third-order valence-corrected chi connectivity index (χ3v) is 13.5. The number of nitrogens with zero attached hydrogens (tertiary/aromatic N) is 1. The molecule has 0 radical (unpaired) electrons. The molecule has 1 spiro atoms. The highest BCUT2D eigenvalue weighted by Crippen LogP contribution is 2.62. The molecule has 1 heterocycles. The van der Waals surface area contributed by atoms with Crippen LogP contribution in [0.15, 0.2) is 241 Å². The largest absolute Gasteiger partial charge is 0.456 e. The first-order chi connectivity index (χ1) is 31.3. The summed E-state index contributed by atoms with van der Waals surface area (Å²) in [6, 6.07) is 86.6. The van der Waals surface area contributed by atoms with Crippen molar-refractivity contribution in [2.45, 2.75) is 5.41 Å². The van der Waals surface area contributed by atoms with Gasteiger partial charge in [0.15, 0.2) is 0 Å². The van der Waals surface area contributed by atoms with Gasteiger partial charge >= 0.3 is 0 Å². The van der Waals surface area contributed by atoms with Gasteiger partial charge in [0, 0.05) is 16.8 Å². The molecule has 63 heavy (non-hydrogen) atoms. The highest BCUT2D eigenvalue weighted by atomic mass is 16.3. The van der Waals surface area contributed by atoms with Crippen LogP contribution in [0.2, 0.25) is 0 Å². The number of fused-ring (bicyclic) bond motifs is 15. The molecule has 0 N–H and O–H groups in total. The summed E-state index contributed by atoms with van der Waals surface area (Å²) >= 11 is 0. The fourth-order valence-electron chi connectivity index (χ4n) is 10.9. The highest BCUT2D eigenvalue weighted by molar-refractivity contribution is 6.13. The van der Waals surface area contributed by atoms with Gasteiger partial charge in [-0.3, -0.25) is 0 Å². The molecular formula is C61H39NO. The van der Waals surface area contributed by atoms with Crippen molar-refractivity contribution in [3.63, 3.8) is 0 Å². The molecule has 2 heteroatoms. The van der Waals surface area contributed by atoms with Gasteiger partial charge in [0.05, 0.1) is 16.5 Å². The van der Waals surface area contributed by atoms with Gasteiger partial charge < -0.3 is 9.32 Å². The van der Waals surface area contributed by atoms with Gasteiger partial charge in [0.25, 0.3) is 0 Å². The monoisotopic (exact) mass is 801 g/mol. The minimum absolute atomic E-state index is 0.525. The predicted molar refractivity (Wildman–Crippen MR) is 261 cm³/mol. The van der Waals surface area contributed by atoms with Crippen LogP contribution >= 0.6 is 0 Å². The van der Waals surface area contributed by atoms with Gasteiger partial charge in [-0.25, -0.2) is 0 Å². The number of furan rings is 1. The van der Waals surface area contributed by atoms with Crippen molar-refractivity contribution < 1.29 is 4.42 Å². The van der Waals surface area contributed by atoms with E-state index in [9.17, 15) is 0 Å². The van der Waals surface area contributed by atoms with Gasteiger partial charge in [-0.05, 0) is 120 Å². The Bertz CT molecular complexity index is 3490. The first-order valence-electron chi connectivity index (χ1n) is 21.8. The number of hydrogen-bond donors (Lipinski definition) is 0. The maximum absolute atomic E-state index is 6.43. The van der Waals surface area contributed by atoms with E-state index in [2.05, 4.69) is 235 Å². The van der Waals surface area contributed by atoms with E-state index in [0.717, 1.165) is 39.0 Å². The molecule has 13 rings (SSSR count). The van der Waals surface area contributed by atoms with Gasteiger partial charge in [-0.15, -0.1) is 0 Å². The summed E-state index contributed by atoms with van der Waals surface area (Å²) in [5, 5.41) is 2.20. The van der Waals surface area contributed by atoms with Crippen LogP contribution in [0.3, 0.4) is 0 Å². The minimum Gasteiger partial charge on any atom is -0.456 e. The van der Waals surface area contributed by atoms with Crippen molar-refractivity contribution in [3.05, 3.63) is 259 Å². The van der Waals surface area contributed by atoms with E-state index in [-0.39, 0.29) is 0 Å². The molecule has 10 aromatic carbocycles. The molecule has 2 nitrogen and oxygen atoms in total. The smallest absolute Gasteiger partial charge is 0.137 e. The lowest BCUT2D eigenvalue weighted by Gasteiger charge is -2.35. The zero-order valence-corrected chi connectivity index (χ0v) is 34.4. The van der Waals surface area contributed by atoms with E-state index in [1.165, 1.54) is 77.9 Å². The number of para-hydroxylation sites is 1. The number of hydrogen-bond acceptors (Lipinski definition) is 2. The molecule has 0 fully saturated rings. The summed E-state index contributed by atoms with van der Waals surface area (Å²) in [6.45, 7) is 0. The third kappa shape index (κ3) is 5.19. The molecule has 0 atom stereocenters. The quantitative estimate of drug-likeness (QED) is 0.172. The zero-order chi connectivity index (χ0) is 41.5. The SMILES string of the molecule is c1ccc(-c2ccc(N(c3ccc(-c4cccc5c4-c4ccccc4C54c5ccccc5-c5ccccc5-c5ccccc54)cc3)c3cccc4oc5ccccc5c34)cc2)cc1. The normalized spacial score (nSPS) is 12.9. The summed E-state index contributed by atoms with van der Waals surface area (Å²) in [5.41, 5.74) is 22.1. The second-order valence-electron chi connectivity index (χ2n) is 16.7. The average Bonchev–Trinajstić information content (AvgIpc) is 3.86. The van der Waals surface area contributed by atoms with Crippen LogP contribution in [-0.2, 0) is 5.41 Å². The molecule has 0 saturated carbocycles. The van der Waals surface area contributed by atoms with Crippen LogP contribution in [-0.4, -0.2) is 0 Å². The van der Waals surface area contributed by atoms with E-state index in [1.54, 1.807) is 0 Å². The van der Waals surface area contributed by atoms with Gasteiger partial charge in [0.1, 0.15) is 11.2 Å². The Morgan fingerprint density at radius 2 is 0.762 bits per heavy atom. The van der Waals surface area contributed by atoms with E-state index in [4.69, 9.17) is 4.42 Å². The Kier molecular flexibility index (Phi) is 7.85. The number of anilines is 3. The maximum atomic E-state index is 6.43. The standard InChI is InChI=1S/C61H39NO/c1-2-16-40(17-3-1)41-32-36-43(37-33-41)62(56-29-15-31-58-60(56)51-23-9-13-30-57(51)63-58)44-38-34-42(35-39-44)45-24-14-28-55-59(45)50-22-8-12-27-54(50)61(55)52-25-10-6-20-48(52)46-18-4-5-19-47(46)49-21-7-11-26-53(49)61/h1-39H. The number of benzene rings is 10. The van der Waals surface area contributed by atoms with E-state index >= 15 is 0 Å². The molecule has 0 aliphatic heterocycles.